The SMILES string of the molecule is COc1ccc(C(=O)NCc2nnc(SCc3cccc(C)c3)n2-c2cccc(F)c2)cc1. The quantitative estimate of drug-likeness (QED) is 0.376. The van der Waals surface area contributed by atoms with E-state index >= 15 is 0 Å². The maximum absolute atomic E-state index is 14.0. The summed E-state index contributed by atoms with van der Waals surface area (Å²) >= 11 is 1.51. The molecule has 4 aromatic rings. The Morgan fingerprint density at radius 1 is 1.06 bits per heavy atom. The lowest BCUT2D eigenvalue weighted by atomic mass is 10.2. The van der Waals surface area contributed by atoms with E-state index in [1.165, 1.54) is 29.5 Å². The largest absolute Gasteiger partial charge is 0.497 e. The van der Waals surface area contributed by atoms with Crippen molar-refractivity contribution in [1.29, 1.82) is 0 Å². The van der Waals surface area contributed by atoms with E-state index < -0.39 is 0 Å². The first-order chi connectivity index (χ1) is 16.0. The molecule has 3 aromatic carbocycles. The number of nitrogens with zero attached hydrogens (tertiary/aromatic N) is 3. The van der Waals surface area contributed by atoms with Crippen molar-refractivity contribution in [1.82, 2.24) is 20.1 Å². The number of rotatable bonds is 8. The van der Waals surface area contributed by atoms with Crippen LogP contribution in [0.5, 0.6) is 5.75 Å². The first kappa shape index (κ1) is 22.5. The maximum atomic E-state index is 14.0. The number of ether oxygens (including phenoxy) is 1. The monoisotopic (exact) mass is 462 g/mol. The lowest BCUT2D eigenvalue weighted by Gasteiger charge is -2.11. The average Bonchev–Trinajstić information content (AvgIpc) is 3.24. The van der Waals surface area contributed by atoms with Crippen molar-refractivity contribution in [2.24, 2.45) is 0 Å². The molecule has 0 radical (unpaired) electrons. The van der Waals surface area contributed by atoms with Gasteiger partial charge in [0.1, 0.15) is 11.6 Å². The molecule has 1 aromatic heterocycles. The lowest BCUT2D eigenvalue weighted by Crippen LogP contribution is -2.24. The molecule has 0 spiro atoms. The number of aromatic nitrogens is 3. The van der Waals surface area contributed by atoms with Gasteiger partial charge >= 0.3 is 0 Å². The van der Waals surface area contributed by atoms with E-state index in [4.69, 9.17) is 4.74 Å². The summed E-state index contributed by atoms with van der Waals surface area (Å²) in [6, 6.07) is 21.3. The molecule has 0 unspecified atom stereocenters. The third-order valence-electron chi connectivity index (χ3n) is 4.98. The zero-order chi connectivity index (χ0) is 23.2. The van der Waals surface area contributed by atoms with Gasteiger partial charge in [0.25, 0.3) is 5.91 Å². The number of nitrogens with one attached hydrogen (secondary N) is 1. The van der Waals surface area contributed by atoms with Crippen LogP contribution >= 0.6 is 11.8 Å². The smallest absolute Gasteiger partial charge is 0.251 e. The van der Waals surface area contributed by atoms with Gasteiger partial charge in [0.05, 0.1) is 19.3 Å². The molecule has 8 heteroatoms. The number of halogens is 1. The molecular formula is C25H23FN4O2S. The van der Waals surface area contributed by atoms with Crippen molar-refractivity contribution >= 4 is 17.7 Å². The van der Waals surface area contributed by atoms with Crippen molar-refractivity contribution in [3.8, 4) is 11.4 Å². The molecule has 0 saturated heterocycles. The third-order valence-corrected chi connectivity index (χ3v) is 5.98. The summed E-state index contributed by atoms with van der Waals surface area (Å²) in [5.41, 5.74) is 3.44. The van der Waals surface area contributed by atoms with Crippen LogP contribution in [0.25, 0.3) is 5.69 Å². The van der Waals surface area contributed by atoms with Gasteiger partial charge in [0.2, 0.25) is 0 Å². The van der Waals surface area contributed by atoms with Crippen molar-refractivity contribution in [2.45, 2.75) is 24.4 Å². The highest BCUT2D eigenvalue weighted by atomic mass is 32.2. The first-order valence-corrected chi connectivity index (χ1v) is 11.3. The van der Waals surface area contributed by atoms with Gasteiger partial charge in [-0.2, -0.15) is 0 Å². The van der Waals surface area contributed by atoms with Gasteiger partial charge in [-0.3, -0.25) is 9.36 Å². The predicted octanol–water partition coefficient (Wildman–Crippen LogP) is 4.95. The molecule has 4 rings (SSSR count). The Morgan fingerprint density at radius 2 is 1.85 bits per heavy atom. The Labute approximate surface area is 195 Å². The summed E-state index contributed by atoms with van der Waals surface area (Å²) in [6.45, 7) is 2.19. The topological polar surface area (TPSA) is 69.0 Å². The van der Waals surface area contributed by atoms with Gasteiger partial charge in [0, 0.05) is 11.3 Å². The normalized spacial score (nSPS) is 10.8. The fourth-order valence-corrected chi connectivity index (χ4v) is 4.25. The summed E-state index contributed by atoms with van der Waals surface area (Å²) in [4.78, 5) is 12.6. The van der Waals surface area contributed by atoms with E-state index in [9.17, 15) is 9.18 Å². The minimum atomic E-state index is -0.357. The molecule has 1 heterocycles. The second-order valence-electron chi connectivity index (χ2n) is 7.40. The number of benzene rings is 3. The predicted molar refractivity (Wildman–Crippen MR) is 126 cm³/mol. The van der Waals surface area contributed by atoms with Crippen LogP contribution in [0.15, 0.2) is 78.0 Å². The van der Waals surface area contributed by atoms with Crippen LogP contribution in [-0.2, 0) is 12.3 Å². The van der Waals surface area contributed by atoms with Crippen LogP contribution in [-0.4, -0.2) is 27.8 Å². The Morgan fingerprint density at radius 3 is 2.58 bits per heavy atom. The second kappa shape index (κ2) is 10.3. The van der Waals surface area contributed by atoms with Gasteiger partial charge in [-0.1, -0.05) is 47.7 Å². The summed E-state index contributed by atoms with van der Waals surface area (Å²) < 4.78 is 20.9. The molecule has 0 aliphatic heterocycles. The highest BCUT2D eigenvalue weighted by Crippen LogP contribution is 2.26. The van der Waals surface area contributed by atoms with E-state index in [0.29, 0.717) is 33.7 Å². The lowest BCUT2D eigenvalue weighted by molar-refractivity contribution is 0.0949. The molecule has 1 amide bonds. The summed E-state index contributed by atoms with van der Waals surface area (Å²) in [5.74, 6) is 1.26. The standard InChI is InChI=1S/C25H23FN4O2S/c1-17-5-3-6-18(13-17)16-33-25-29-28-23(30(25)21-8-4-7-20(26)14-21)15-27-24(31)19-9-11-22(32-2)12-10-19/h3-14H,15-16H2,1-2H3,(H,27,31). The Kier molecular flexibility index (Phi) is 7.04. The molecule has 0 atom stereocenters. The fourth-order valence-electron chi connectivity index (χ4n) is 3.34. The Bertz CT molecular complexity index is 1260. The summed E-state index contributed by atoms with van der Waals surface area (Å²) in [5, 5.41) is 12.1. The van der Waals surface area contributed by atoms with E-state index in [-0.39, 0.29) is 18.3 Å². The number of methoxy groups -OCH3 is 1. The number of carbonyl (C=O) groups excluding carboxylic acids is 1. The van der Waals surface area contributed by atoms with Gasteiger partial charge in [-0.15, -0.1) is 10.2 Å². The minimum Gasteiger partial charge on any atom is -0.497 e. The maximum Gasteiger partial charge on any atom is 0.251 e. The third kappa shape index (κ3) is 5.59. The second-order valence-corrected chi connectivity index (χ2v) is 8.35. The minimum absolute atomic E-state index is 0.138. The van der Waals surface area contributed by atoms with E-state index in [1.807, 2.05) is 19.1 Å². The molecule has 33 heavy (non-hydrogen) atoms. The zero-order valence-electron chi connectivity index (χ0n) is 18.3. The number of amides is 1. The number of thioether (sulfide) groups is 1. The number of hydrogen-bond donors (Lipinski definition) is 1. The zero-order valence-corrected chi connectivity index (χ0v) is 19.1. The molecule has 1 N–H and O–H groups in total. The highest BCUT2D eigenvalue weighted by molar-refractivity contribution is 7.98. The van der Waals surface area contributed by atoms with Crippen LogP contribution in [0.3, 0.4) is 0 Å². The van der Waals surface area contributed by atoms with Gasteiger partial charge in [-0.05, 0) is 55.0 Å². The number of hydrogen-bond acceptors (Lipinski definition) is 5. The van der Waals surface area contributed by atoms with Crippen molar-refractivity contribution in [2.75, 3.05) is 7.11 Å². The van der Waals surface area contributed by atoms with E-state index in [1.54, 1.807) is 48.1 Å². The van der Waals surface area contributed by atoms with Crippen molar-refractivity contribution in [3.63, 3.8) is 0 Å². The average molecular weight is 463 g/mol. The van der Waals surface area contributed by atoms with Gasteiger partial charge < -0.3 is 10.1 Å². The Balaban J connectivity index is 1.55. The fraction of sp³-hybridized carbons (Fsp3) is 0.160. The molecule has 0 saturated carbocycles. The van der Waals surface area contributed by atoms with Crippen LogP contribution < -0.4 is 10.1 Å². The van der Waals surface area contributed by atoms with E-state index in [2.05, 4.69) is 27.6 Å². The molecule has 6 nitrogen and oxygen atoms in total. The summed E-state index contributed by atoms with van der Waals surface area (Å²) in [6.07, 6.45) is 0. The van der Waals surface area contributed by atoms with Crippen LogP contribution in [0.2, 0.25) is 0 Å². The number of aryl methyl sites for hydroxylation is 1. The highest BCUT2D eigenvalue weighted by Gasteiger charge is 2.16. The Hall–Kier alpha value is -3.65. The molecule has 0 fully saturated rings. The first-order valence-electron chi connectivity index (χ1n) is 10.3. The van der Waals surface area contributed by atoms with Crippen LogP contribution in [0.4, 0.5) is 4.39 Å². The van der Waals surface area contributed by atoms with Gasteiger partial charge in [-0.25, -0.2) is 4.39 Å². The summed E-state index contributed by atoms with van der Waals surface area (Å²) in [7, 11) is 1.57. The molecule has 0 aliphatic carbocycles. The van der Waals surface area contributed by atoms with Crippen molar-refractivity contribution < 1.29 is 13.9 Å². The van der Waals surface area contributed by atoms with Crippen molar-refractivity contribution in [3.05, 3.63) is 101 Å². The molecule has 0 bridgehead atoms. The molecule has 168 valence electrons. The van der Waals surface area contributed by atoms with E-state index in [0.717, 1.165) is 5.56 Å². The van der Waals surface area contributed by atoms with Crippen LogP contribution in [0.1, 0.15) is 27.3 Å². The number of carbonyl (C=O) groups is 1. The van der Waals surface area contributed by atoms with Crippen LogP contribution in [0, 0.1) is 12.7 Å². The molecule has 0 aliphatic rings. The van der Waals surface area contributed by atoms with Gasteiger partial charge in [0.15, 0.2) is 11.0 Å². The molecular weight excluding hydrogens is 439 g/mol.